The molecule has 8 nitrogen and oxygen atoms in total. The second kappa shape index (κ2) is 6.95. The number of imide groups is 2. The van der Waals surface area contributed by atoms with Crippen molar-refractivity contribution in [2.24, 2.45) is 0 Å². The minimum absolute atomic E-state index is 0.189. The summed E-state index contributed by atoms with van der Waals surface area (Å²) in [4.78, 5) is 48.7. The Labute approximate surface area is 138 Å². The molecule has 1 unspecified atom stereocenters. The van der Waals surface area contributed by atoms with Crippen LogP contribution in [0.1, 0.15) is 12.5 Å². The summed E-state index contributed by atoms with van der Waals surface area (Å²) in [5.74, 6) is -1.32. The molecule has 1 aliphatic rings. The second-order valence-electron chi connectivity index (χ2n) is 5.36. The fraction of sp³-hybridized carbons (Fsp3) is 0.250. The van der Waals surface area contributed by atoms with Crippen LogP contribution in [0.15, 0.2) is 43.0 Å². The van der Waals surface area contributed by atoms with Crippen LogP contribution in [-0.4, -0.2) is 41.9 Å². The average molecular weight is 330 g/mol. The lowest BCUT2D eigenvalue weighted by atomic mass is 9.92. The van der Waals surface area contributed by atoms with Crippen LogP contribution >= 0.6 is 0 Å². The molecule has 1 aliphatic heterocycles. The summed E-state index contributed by atoms with van der Waals surface area (Å²) in [5.41, 5.74) is -0.640. The predicted molar refractivity (Wildman–Crippen MR) is 85.8 cm³/mol. The first kappa shape index (κ1) is 17.2. The lowest BCUT2D eigenvalue weighted by Crippen LogP contribution is -2.46. The third-order valence-electron chi connectivity index (χ3n) is 3.59. The molecule has 6 amide bonds. The van der Waals surface area contributed by atoms with Gasteiger partial charge in [0.1, 0.15) is 12.1 Å². The Morgan fingerprint density at radius 1 is 1.29 bits per heavy atom. The molecule has 8 heteroatoms. The quantitative estimate of drug-likeness (QED) is 0.538. The number of hydrogen-bond donors (Lipinski definition) is 3. The van der Waals surface area contributed by atoms with E-state index in [2.05, 4.69) is 17.2 Å². The molecule has 0 aromatic heterocycles. The van der Waals surface area contributed by atoms with Gasteiger partial charge in [0.05, 0.1) is 0 Å². The molecule has 0 aliphatic carbocycles. The number of hydrogen-bond acceptors (Lipinski definition) is 4. The minimum Gasteiger partial charge on any atom is -0.334 e. The third kappa shape index (κ3) is 3.43. The molecular weight excluding hydrogens is 312 g/mol. The molecular formula is C16H18N4O4. The molecule has 2 rings (SSSR count). The number of nitrogens with one attached hydrogen (secondary N) is 3. The van der Waals surface area contributed by atoms with Crippen molar-refractivity contribution in [3.8, 4) is 0 Å². The summed E-state index contributed by atoms with van der Waals surface area (Å²) in [5, 5.41) is 6.98. The van der Waals surface area contributed by atoms with Gasteiger partial charge >= 0.3 is 12.1 Å². The molecule has 0 bridgehead atoms. The normalized spacial score (nSPS) is 19.6. The van der Waals surface area contributed by atoms with E-state index in [9.17, 15) is 19.2 Å². The summed E-state index contributed by atoms with van der Waals surface area (Å²) in [6.45, 7) is 4.63. The molecule has 1 aromatic rings. The van der Waals surface area contributed by atoms with Crippen molar-refractivity contribution in [1.82, 2.24) is 20.9 Å². The fourth-order valence-corrected chi connectivity index (χ4v) is 2.33. The summed E-state index contributed by atoms with van der Waals surface area (Å²) in [6, 6.07) is 7.31. The van der Waals surface area contributed by atoms with E-state index < -0.39 is 36.0 Å². The first-order valence-corrected chi connectivity index (χ1v) is 7.26. The van der Waals surface area contributed by atoms with E-state index in [-0.39, 0.29) is 6.54 Å². The van der Waals surface area contributed by atoms with Crippen molar-refractivity contribution in [2.45, 2.75) is 12.5 Å². The van der Waals surface area contributed by atoms with Crippen molar-refractivity contribution in [3.63, 3.8) is 0 Å². The molecule has 1 fully saturated rings. The minimum atomic E-state index is -1.25. The van der Waals surface area contributed by atoms with Crippen LogP contribution < -0.4 is 16.0 Å². The van der Waals surface area contributed by atoms with Crippen LogP contribution in [0.25, 0.3) is 0 Å². The number of carbonyl (C=O) groups excluding carboxylic acids is 4. The van der Waals surface area contributed by atoms with Gasteiger partial charge in [-0.1, -0.05) is 36.4 Å². The monoisotopic (exact) mass is 330 g/mol. The molecule has 1 atom stereocenters. The Balaban J connectivity index is 2.06. The number of nitrogens with zero attached hydrogens (tertiary/aromatic N) is 1. The third-order valence-corrected chi connectivity index (χ3v) is 3.59. The van der Waals surface area contributed by atoms with Crippen LogP contribution in [-0.2, 0) is 15.1 Å². The van der Waals surface area contributed by atoms with Crippen molar-refractivity contribution in [3.05, 3.63) is 48.6 Å². The maximum absolute atomic E-state index is 12.6. The van der Waals surface area contributed by atoms with Gasteiger partial charge in [0.15, 0.2) is 0 Å². The molecule has 0 radical (unpaired) electrons. The zero-order valence-corrected chi connectivity index (χ0v) is 13.2. The SMILES string of the molecule is C=CCNC(=O)NC(=O)CN1C(=O)NC(C)(c2ccccc2)C1=O. The van der Waals surface area contributed by atoms with Crippen LogP contribution in [0.3, 0.4) is 0 Å². The lowest BCUT2D eigenvalue weighted by molar-refractivity contribution is -0.134. The Hall–Kier alpha value is -3.16. The van der Waals surface area contributed by atoms with Crippen LogP contribution in [0.4, 0.5) is 9.59 Å². The summed E-state index contributed by atoms with van der Waals surface area (Å²) in [6.07, 6.45) is 1.45. The number of rotatable bonds is 5. The maximum Gasteiger partial charge on any atom is 0.325 e. The molecule has 1 aromatic carbocycles. The Morgan fingerprint density at radius 3 is 2.58 bits per heavy atom. The maximum atomic E-state index is 12.6. The number of urea groups is 2. The average Bonchev–Trinajstić information content (AvgIpc) is 2.78. The van der Waals surface area contributed by atoms with E-state index in [1.807, 2.05) is 5.32 Å². The molecule has 0 spiro atoms. The molecule has 0 saturated carbocycles. The number of amides is 6. The number of benzene rings is 1. The Bertz CT molecular complexity index is 689. The van der Waals surface area contributed by atoms with Crippen molar-refractivity contribution >= 4 is 23.9 Å². The fourth-order valence-electron chi connectivity index (χ4n) is 2.33. The number of carbonyl (C=O) groups is 4. The summed E-state index contributed by atoms with van der Waals surface area (Å²) >= 11 is 0. The smallest absolute Gasteiger partial charge is 0.325 e. The van der Waals surface area contributed by atoms with Crippen LogP contribution in [0.2, 0.25) is 0 Å². The molecule has 126 valence electrons. The van der Waals surface area contributed by atoms with E-state index in [0.717, 1.165) is 4.90 Å². The van der Waals surface area contributed by atoms with Crippen LogP contribution in [0, 0.1) is 0 Å². The highest BCUT2D eigenvalue weighted by Crippen LogP contribution is 2.28. The van der Waals surface area contributed by atoms with E-state index in [1.54, 1.807) is 37.3 Å². The molecule has 1 heterocycles. The van der Waals surface area contributed by atoms with E-state index in [0.29, 0.717) is 5.56 Å². The first-order chi connectivity index (χ1) is 11.4. The highest BCUT2D eigenvalue weighted by atomic mass is 16.2. The standard InChI is InChI=1S/C16H18N4O4/c1-3-9-17-14(23)18-12(21)10-20-13(22)16(2,19-15(20)24)11-7-5-4-6-8-11/h3-8H,1,9-10H2,2H3,(H,19,24)(H2,17,18,21,23). The topological polar surface area (TPSA) is 108 Å². The predicted octanol–water partition coefficient (Wildman–Crippen LogP) is 0.465. The largest absolute Gasteiger partial charge is 0.334 e. The lowest BCUT2D eigenvalue weighted by Gasteiger charge is -2.22. The summed E-state index contributed by atoms with van der Waals surface area (Å²) in [7, 11) is 0. The van der Waals surface area contributed by atoms with Crippen molar-refractivity contribution < 1.29 is 19.2 Å². The van der Waals surface area contributed by atoms with Gasteiger partial charge < -0.3 is 10.6 Å². The first-order valence-electron chi connectivity index (χ1n) is 7.26. The van der Waals surface area contributed by atoms with Crippen LogP contribution in [0.5, 0.6) is 0 Å². The van der Waals surface area contributed by atoms with E-state index in [1.165, 1.54) is 6.08 Å². The van der Waals surface area contributed by atoms with Crippen molar-refractivity contribution in [2.75, 3.05) is 13.1 Å². The zero-order chi connectivity index (χ0) is 17.7. The summed E-state index contributed by atoms with van der Waals surface area (Å²) < 4.78 is 0. The molecule has 3 N–H and O–H groups in total. The van der Waals surface area contributed by atoms with Gasteiger partial charge in [0.2, 0.25) is 5.91 Å². The van der Waals surface area contributed by atoms with Gasteiger partial charge in [0.25, 0.3) is 5.91 Å². The van der Waals surface area contributed by atoms with Gasteiger partial charge in [-0.3, -0.25) is 19.8 Å². The highest BCUT2D eigenvalue weighted by molar-refractivity contribution is 6.10. The highest BCUT2D eigenvalue weighted by Gasteiger charge is 2.49. The van der Waals surface area contributed by atoms with Gasteiger partial charge in [0, 0.05) is 6.54 Å². The Morgan fingerprint density at radius 2 is 1.96 bits per heavy atom. The van der Waals surface area contributed by atoms with Gasteiger partial charge in [-0.2, -0.15) is 0 Å². The van der Waals surface area contributed by atoms with E-state index >= 15 is 0 Å². The van der Waals surface area contributed by atoms with E-state index in [4.69, 9.17) is 0 Å². The van der Waals surface area contributed by atoms with Gasteiger partial charge in [-0.25, -0.2) is 9.59 Å². The molecule has 24 heavy (non-hydrogen) atoms. The Kier molecular flexibility index (Phi) is 4.98. The van der Waals surface area contributed by atoms with Gasteiger partial charge in [-0.05, 0) is 12.5 Å². The second-order valence-corrected chi connectivity index (χ2v) is 5.36. The molecule has 1 saturated heterocycles. The van der Waals surface area contributed by atoms with Crippen molar-refractivity contribution in [1.29, 1.82) is 0 Å². The zero-order valence-electron chi connectivity index (χ0n) is 13.2. The van der Waals surface area contributed by atoms with Gasteiger partial charge in [-0.15, -0.1) is 6.58 Å².